The first kappa shape index (κ1) is 47.2. The van der Waals surface area contributed by atoms with Crippen molar-refractivity contribution in [2.24, 2.45) is 17.3 Å². The van der Waals surface area contributed by atoms with Gasteiger partial charge in [0.25, 0.3) is 5.91 Å². The zero-order valence-electron chi connectivity index (χ0n) is 40.6. The van der Waals surface area contributed by atoms with Crippen molar-refractivity contribution in [3.8, 4) is 28.1 Å². The summed E-state index contributed by atoms with van der Waals surface area (Å²) in [5.74, 6) is -1.96. The normalized spacial score (nSPS) is 25.3. The summed E-state index contributed by atoms with van der Waals surface area (Å²) in [6, 6.07) is 12.3. The number of nitrogens with zero attached hydrogens (tertiary/aromatic N) is 5. The van der Waals surface area contributed by atoms with Gasteiger partial charge < -0.3 is 39.6 Å². The Balaban J connectivity index is 1.11. The van der Waals surface area contributed by atoms with Crippen LogP contribution in [0.25, 0.3) is 33.3 Å². The smallest absolute Gasteiger partial charge is 0.324 e. The number of esters is 1. The number of nitrogens with one attached hydrogen (secondary N) is 3. The number of amides is 4. The van der Waals surface area contributed by atoms with E-state index in [0.29, 0.717) is 57.3 Å². The molecule has 2 aromatic heterocycles. The fraction of sp³-hybridized carbons (Fsp3) is 0.538. The van der Waals surface area contributed by atoms with Gasteiger partial charge in [0.05, 0.1) is 30.1 Å². The van der Waals surface area contributed by atoms with E-state index in [4.69, 9.17) is 14.5 Å². The van der Waals surface area contributed by atoms with Crippen molar-refractivity contribution in [2.75, 3.05) is 40.4 Å². The molecule has 2 aromatic carbocycles. The average Bonchev–Trinajstić information content (AvgIpc) is 3.90. The summed E-state index contributed by atoms with van der Waals surface area (Å²) in [7, 11) is 3.28. The van der Waals surface area contributed by atoms with Crippen molar-refractivity contribution < 1.29 is 38.6 Å². The Morgan fingerprint density at radius 2 is 1.84 bits per heavy atom. The molecule has 68 heavy (non-hydrogen) atoms. The van der Waals surface area contributed by atoms with Crippen molar-refractivity contribution in [3.63, 3.8) is 0 Å². The third-order valence-corrected chi connectivity index (χ3v) is 14.9. The Morgan fingerprint density at radius 3 is 2.54 bits per heavy atom. The molecule has 0 radical (unpaired) electrons. The monoisotopic (exact) mass is 931 g/mol. The number of hydrogen-bond acceptors (Lipinski definition) is 11. The van der Waals surface area contributed by atoms with Gasteiger partial charge in [0.15, 0.2) is 0 Å². The number of methoxy groups -OCH3 is 1. The minimum atomic E-state index is -1.17. The summed E-state index contributed by atoms with van der Waals surface area (Å²) in [5, 5.41) is 19.9. The second-order valence-corrected chi connectivity index (χ2v) is 20.9. The molecule has 8 bridgehead atoms. The van der Waals surface area contributed by atoms with Crippen LogP contribution in [0.3, 0.4) is 0 Å². The van der Waals surface area contributed by atoms with Crippen LogP contribution >= 0.6 is 0 Å². The molecular weight excluding hydrogens is 865 g/mol. The lowest BCUT2D eigenvalue weighted by Crippen LogP contribution is -2.65. The van der Waals surface area contributed by atoms with E-state index in [1.165, 1.54) is 9.91 Å². The molecule has 16 heteroatoms. The van der Waals surface area contributed by atoms with Gasteiger partial charge in [-0.25, -0.2) is 5.43 Å². The van der Waals surface area contributed by atoms with Crippen LogP contribution in [0.5, 0.6) is 5.75 Å². The summed E-state index contributed by atoms with van der Waals surface area (Å²) in [6.07, 6.45) is 4.09. The number of benzene rings is 2. The van der Waals surface area contributed by atoms with Crippen LogP contribution < -0.4 is 16.1 Å². The molecule has 1 aliphatic carbocycles. The molecule has 0 spiro atoms. The third-order valence-electron chi connectivity index (χ3n) is 14.9. The Morgan fingerprint density at radius 1 is 1.07 bits per heavy atom. The number of phenolic OH excluding ortho intramolecular Hbond substituents is 1. The standard InChI is InChI=1S/C52H66N8O8/c1-9-58-42-15-14-33-22-37(42)38(45(58)36-12-10-16-53-43(36)30(4)67-8)25-51(5,6)28-68-49(65)39-13-11-17-60(56-39)48(64)40(20-31-18-34(33)21-35(61)19-31)55-46(62)44(29(2)3)57(7)50(66)52-23-32(24-52)27-59(52)47(63)41-26-54-41/h10,12,14-16,18-19,21-22,29-30,32,39-41,44,54,56,61H,9,11,13,17,20,23-28H2,1-8H3,(H,55,62)/t30-,32?,39-,40-,41+,44?,52?/m0/s1. The van der Waals surface area contributed by atoms with Gasteiger partial charge in [-0.1, -0.05) is 39.8 Å². The molecule has 4 saturated heterocycles. The molecule has 4 aromatic rings. The van der Waals surface area contributed by atoms with Gasteiger partial charge in [-0.2, -0.15) is 0 Å². The Bertz CT molecular complexity index is 2650. The van der Waals surface area contributed by atoms with Crippen molar-refractivity contribution in [2.45, 2.75) is 122 Å². The van der Waals surface area contributed by atoms with Crippen LogP contribution in [0.2, 0.25) is 0 Å². The summed E-state index contributed by atoms with van der Waals surface area (Å²) >= 11 is 0. The third kappa shape index (κ3) is 8.63. The molecule has 4 N–H and O–H groups in total. The van der Waals surface area contributed by atoms with E-state index in [9.17, 15) is 29.1 Å². The number of carbonyl (C=O) groups excluding carboxylic acids is 5. The number of ether oxygens (including phenoxy) is 2. The van der Waals surface area contributed by atoms with Gasteiger partial charge in [-0.3, -0.25) is 34.0 Å². The van der Waals surface area contributed by atoms with Gasteiger partial charge >= 0.3 is 5.97 Å². The molecular formula is C52H66N8O8. The van der Waals surface area contributed by atoms with E-state index in [-0.39, 0.29) is 61.1 Å². The maximum absolute atomic E-state index is 14.8. The van der Waals surface area contributed by atoms with E-state index in [1.807, 2.05) is 39.0 Å². The van der Waals surface area contributed by atoms with Crippen LogP contribution in [0.1, 0.15) is 90.2 Å². The second kappa shape index (κ2) is 18.2. The lowest BCUT2D eigenvalue weighted by atomic mass is 9.72. The van der Waals surface area contributed by atoms with Crippen LogP contribution in [0.15, 0.2) is 54.7 Å². The zero-order chi connectivity index (χ0) is 48.4. The molecule has 1 saturated carbocycles. The lowest BCUT2D eigenvalue weighted by molar-refractivity contribution is -0.157. The molecule has 5 aliphatic heterocycles. The number of phenols is 1. The highest BCUT2D eigenvalue weighted by atomic mass is 16.5. The number of cyclic esters (lactones) is 1. The first-order valence-electron chi connectivity index (χ1n) is 24.3. The van der Waals surface area contributed by atoms with E-state index < -0.39 is 46.9 Å². The highest BCUT2D eigenvalue weighted by Gasteiger charge is 2.64. The number of aromatic nitrogens is 2. The van der Waals surface area contributed by atoms with Crippen LogP contribution in [0, 0.1) is 17.3 Å². The van der Waals surface area contributed by atoms with E-state index in [1.54, 1.807) is 37.4 Å². The molecule has 16 nitrogen and oxygen atoms in total. The average molecular weight is 931 g/mol. The number of aromatic hydroxyl groups is 1. The molecule has 6 aliphatic rings. The van der Waals surface area contributed by atoms with Gasteiger partial charge in [-0.05, 0) is 116 Å². The maximum Gasteiger partial charge on any atom is 0.324 e. The number of fused-ring (bicyclic) bond motifs is 7. The number of hydrazine groups is 1. The minimum absolute atomic E-state index is 0.00864. The SMILES string of the molecule is CCn1c(-c2cccnc2[C@H](C)OC)c2c3cc(ccc31)-c1cc(O)cc(c1)C[C@H](NC(=O)C(C(C)C)N(C)C(=O)C13CC(CN1C(=O)[C@H]1CN1)C3)C(=O)N1CCC[C@H](N1)C(=O)OCC(C)(C)C2. The number of rotatable bonds is 10. The topological polar surface area (TPSA) is 198 Å². The van der Waals surface area contributed by atoms with Gasteiger partial charge in [-0.15, -0.1) is 0 Å². The highest BCUT2D eigenvalue weighted by molar-refractivity contribution is 5.99. The molecule has 5 atom stereocenters. The van der Waals surface area contributed by atoms with E-state index >= 15 is 0 Å². The van der Waals surface area contributed by atoms with Gasteiger partial charge in [0, 0.05) is 74.8 Å². The molecule has 362 valence electrons. The fourth-order valence-corrected chi connectivity index (χ4v) is 11.4. The number of hydrogen-bond donors (Lipinski definition) is 4. The summed E-state index contributed by atoms with van der Waals surface area (Å²) in [6.45, 7) is 14.1. The van der Waals surface area contributed by atoms with Crippen molar-refractivity contribution in [3.05, 3.63) is 71.5 Å². The van der Waals surface area contributed by atoms with Crippen LogP contribution in [0.4, 0.5) is 0 Å². The Labute approximate surface area is 398 Å². The number of carbonyl (C=O) groups is 5. The summed E-state index contributed by atoms with van der Waals surface area (Å²) in [4.78, 5) is 79.4. The summed E-state index contributed by atoms with van der Waals surface area (Å²) < 4.78 is 14.2. The Hall–Kier alpha value is -5.84. The zero-order valence-corrected chi connectivity index (χ0v) is 40.6. The number of pyridine rings is 1. The molecule has 4 amide bonds. The van der Waals surface area contributed by atoms with E-state index in [0.717, 1.165) is 44.5 Å². The van der Waals surface area contributed by atoms with Gasteiger partial charge in [0.1, 0.15) is 29.4 Å². The van der Waals surface area contributed by atoms with Crippen LogP contribution in [-0.2, 0) is 52.8 Å². The quantitative estimate of drug-likeness (QED) is 0.125. The fourth-order valence-electron chi connectivity index (χ4n) is 11.4. The van der Waals surface area contributed by atoms with Gasteiger partial charge in [0.2, 0.25) is 17.7 Å². The molecule has 5 fully saturated rings. The van der Waals surface area contributed by atoms with E-state index in [2.05, 4.69) is 59.6 Å². The predicted molar refractivity (Wildman–Crippen MR) is 256 cm³/mol. The van der Waals surface area contributed by atoms with Crippen molar-refractivity contribution in [1.82, 2.24) is 40.4 Å². The van der Waals surface area contributed by atoms with Crippen molar-refractivity contribution >= 4 is 40.5 Å². The largest absolute Gasteiger partial charge is 0.508 e. The first-order valence-corrected chi connectivity index (χ1v) is 24.3. The maximum atomic E-state index is 14.8. The lowest BCUT2D eigenvalue weighted by Gasteiger charge is -2.45. The number of likely N-dealkylation sites (N-methyl/N-ethyl adjacent to an activating group) is 1. The molecule has 1 unspecified atom stereocenters. The summed E-state index contributed by atoms with van der Waals surface area (Å²) in [5.41, 5.74) is 8.58. The molecule has 7 heterocycles. The minimum Gasteiger partial charge on any atom is -0.508 e. The first-order chi connectivity index (χ1) is 32.4. The van der Waals surface area contributed by atoms with Crippen molar-refractivity contribution in [1.29, 1.82) is 0 Å². The second-order valence-electron chi connectivity index (χ2n) is 20.9. The highest BCUT2D eigenvalue weighted by Crippen LogP contribution is 2.52. The predicted octanol–water partition coefficient (Wildman–Crippen LogP) is 4.90. The number of aryl methyl sites for hydroxylation is 1. The molecule has 10 rings (SSSR count). The Kier molecular flexibility index (Phi) is 12.7. The van der Waals surface area contributed by atoms with Crippen LogP contribution in [-0.4, -0.2) is 129 Å².